The molecule has 102 valence electrons. The van der Waals surface area contributed by atoms with Crippen molar-refractivity contribution in [3.05, 3.63) is 35.9 Å². The molecule has 0 aromatic heterocycles. The Labute approximate surface area is 108 Å². The van der Waals surface area contributed by atoms with Crippen molar-refractivity contribution < 1.29 is 18.3 Å². The summed E-state index contributed by atoms with van der Waals surface area (Å²) in [7, 11) is -0.493. The highest BCUT2D eigenvalue weighted by Gasteiger charge is 2.21. The van der Waals surface area contributed by atoms with E-state index in [0.717, 1.165) is 9.87 Å². The van der Waals surface area contributed by atoms with Gasteiger partial charge in [-0.3, -0.25) is 0 Å². The Morgan fingerprint density at radius 2 is 1.94 bits per heavy atom. The van der Waals surface area contributed by atoms with Crippen molar-refractivity contribution in [2.24, 2.45) is 0 Å². The summed E-state index contributed by atoms with van der Waals surface area (Å²) in [6.07, 6.45) is -0.814. The first-order chi connectivity index (χ1) is 8.45. The zero-order valence-electron chi connectivity index (χ0n) is 10.6. The minimum absolute atomic E-state index is 0.0308. The molecule has 0 saturated heterocycles. The Morgan fingerprint density at radius 3 is 2.50 bits per heavy atom. The number of sulfonamides is 1. The highest BCUT2D eigenvalue weighted by molar-refractivity contribution is 7.88. The van der Waals surface area contributed by atoms with Gasteiger partial charge in [0, 0.05) is 20.7 Å². The molecule has 1 unspecified atom stereocenters. The van der Waals surface area contributed by atoms with Crippen LogP contribution in [0.1, 0.15) is 5.56 Å². The van der Waals surface area contributed by atoms with Crippen LogP contribution in [0.4, 0.5) is 0 Å². The minimum atomic E-state index is -3.41. The first-order valence-electron chi connectivity index (χ1n) is 5.60. The minimum Gasteiger partial charge on any atom is -0.389 e. The molecule has 18 heavy (non-hydrogen) atoms. The van der Waals surface area contributed by atoms with Crippen LogP contribution in [0, 0.1) is 0 Å². The van der Waals surface area contributed by atoms with Crippen LogP contribution in [-0.2, 0) is 20.5 Å². The van der Waals surface area contributed by atoms with Gasteiger partial charge < -0.3 is 9.84 Å². The maximum atomic E-state index is 12.0. The van der Waals surface area contributed by atoms with E-state index in [2.05, 4.69) is 0 Å². The van der Waals surface area contributed by atoms with E-state index in [1.165, 1.54) is 14.2 Å². The lowest BCUT2D eigenvalue weighted by Crippen LogP contribution is -2.36. The zero-order chi connectivity index (χ0) is 13.6. The Kier molecular flexibility index (Phi) is 5.74. The number of likely N-dealkylation sites (N-methyl/N-ethyl adjacent to an activating group) is 1. The van der Waals surface area contributed by atoms with Crippen molar-refractivity contribution >= 4 is 10.0 Å². The lowest BCUT2D eigenvalue weighted by atomic mass is 10.2. The predicted molar refractivity (Wildman–Crippen MR) is 69.6 cm³/mol. The SMILES string of the molecule is COCC(O)CN(C)S(=O)(=O)Cc1ccccc1. The van der Waals surface area contributed by atoms with Crippen molar-refractivity contribution in [2.75, 3.05) is 27.3 Å². The average Bonchev–Trinajstić information content (AvgIpc) is 2.29. The summed E-state index contributed by atoms with van der Waals surface area (Å²) >= 11 is 0. The van der Waals surface area contributed by atoms with E-state index < -0.39 is 16.1 Å². The number of hydrogen-bond acceptors (Lipinski definition) is 4. The Bertz CT molecular complexity index is 446. The van der Waals surface area contributed by atoms with Gasteiger partial charge in [0.25, 0.3) is 0 Å². The number of methoxy groups -OCH3 is 1. The number of benzene rings is 1. The lowest BCUT2D eigenvalue weighted by Gasteiger charge is -2.20. The van der Waals surface area contributed by atoms with E-state index in [4.69, 9.17) is 4.74 Å². The van der Waals surface area contributed by atoms with Gasteiger partial charge in [-0.1, -0.05) is 30.3 Å². The molecule has 5 nitrogen and oxygen atoms in total. The molecule has 0 spiro atoms. The van der Waals surface area contributed by atoms with E-state index >= 15 is 0 Å². The molecule has 1 rings (SSSR count). The molecular weight excluding hydrogens is 254 g/mol. The monoisotopic (exact) mass is 273 g/mol. The Hall–Kier alpha value is -0.950. The van der Waals surface area contributed by atoms with Gasteiger partial charge in [0.05, 0.1) is 18.5 Å². The molecule has 0 fully saturated rings. The van der Waals surface area contributed by atoms with Crippen LogP contribution in [0.25, 0.3) is 0 Å². The number of hydrogen-bond donors (Lipinski definition) is 1. The van der Waals surface area contributed by atoms with Gasteiger partial charge in [0.15, 0.2) is 0 Å². The first-order valence-corrected chi connectivity index (χ1v) is 7.21. The molecule has 1 aromatic carbocycles. The summed E-state index contributed by atoms with van der Waals surface area (Å²) in [5.41, 5.74) is 0.727. The van der Waals surface area contributed by atoms with Gasteiger partial charge in [-0.25, -0.2) is 12.7 Å². The summed E-state index contributed by atoms with van der Waals surface area (Å²) in [6.45, 7) is 0.147. The molecule has 6 heteroatoms. The normalized spacial score (nSPS) is 13.8. The fraction of sp³-hybridized carbons (Fsp3) is 0.500. The van der Waals surface area contributed by atoms with Gasteiger partial charge in [-0.2, -0.15) is 0 Å². The molecule has 1 N–H and O–H groups in total. The van der Waals surface area contributed by atoms with Crippen LogP contribution in [0.5, 0.6) is 0 Å². The van der Waals surface area contributed by atoms with E-state index in [1.54, 1.807) is 24.3 Å². The Morgan fingerprint density at radius 1 is 1.33 bits per heavy atom. The van der Waals surface area contributed by atoms with Crippen molar-refractivity contribution in [1.29, 1.82) is 0 Å². The third-order valence-corrected chi connectivity index (χ3v) is 4.29. The van der Waals surface area contributed by atoms with Crippen LogP contribution in [0.3, 0.4) is 0 Å². The summed E-state index contributed by atoms with van der Waals surface area (Å²) in [5.74, 6) is -0.0654. The molecule has 0 aliphatic carbocycles. The third kappa shape index (κ3) is 4.73. The van der Waals surface area contributed by atoms with Gasteiger partial charge in [0.1, 0.15) is 0 Å². The third-order valence-electron chi connectivity index (χ3n) is 2.49. The number of ether oxygens (including phenoxy) is 1. The molecular formula is C12H19NO4S. The van der Waals surface area contributed by atoms with Gasteiger partial charge >= 0.3 is 0 Å². The van der Waals surface area contributed by atoms with Gasteiger partial charge in [0.2, 0.25) is 10.0 Å². The second-order valence-electron chi connectivity index (χ2n) is 4.13. The fourth-order valence-electron chi connectivity index (χ4n) is 1.55. The van der Waals surface area contributed by atoms with Crippen LogP contribution in [-0.4, -0.2) is 51.2 Å². The molecule has 0 aliphatic heterocycles. The molecule has 0 bridgehead atoms. The predicted octanol–water partition coefficient (Wildman–Crippen LogP) is 0.456. The first kappa shape index (κ1) is 15.1. The van der Waals surface area contributed by atoms with Crippen molar-refractivity contribution in [3.63, 3.8) is 0 Å². The molecule has 0 saturated carbocycles. The van der Waals surface area contributed by atoms with Crippen LogP contribution in [0.2, 0.25) is 0 Å². The topological polar surface area (TPSA) is 66.8 Å². The van der Waals surface area contributed by atoms with Crippen LogP contribution < -0.4 is 0 Å². The maximum absolute atomic E-state index is 12.0. The molecule has 0 aliphatic rings. The van der Waals surface area contributed by atoms with Crippen LogP contribution >= 0.6 is 0 Å². The summed E-state index contributed by atoms with van der Waals surface area (Å²) in [6, 6.07) is 8.95. The van der Waals surface area contributed by atoms with Crippen molar-refractivity contribution in [2.45, 2.75) is 11.9 Å². The maximum Gasteiger partial charge on any atom is 0.218 e. The highest BCUT2D eigenvalue weighted by atomic mass is 32.2. The largest absolute Gasteiger partial charge is 0.389 e. The molecule has 0 radical (unpaired) electrons. The second-order valence-corrected chi connectivity index (χ2v) is 6.21. The van der Waals surface area contributed by atoms with E-state index in [1.807, 2.05) is 6.07 Å². The average molecular weight is 273 g/mol. The quantitative estimate of drug-likeness (QED) is 0.783. The lowest BCUT2D eigenvalue weighted by molar-refractivity contribution is 0.0554. The van der Waals surface area contributed by atoms with E-state index in [0.29, 0.717) is 0 Å². The molecule has 1 atom stereocenters. The molecule has 0 heterocycles. The standard InChI is InChI=1S/C12H19NO4S/c1-13(8-12(14)9-17-2)18(15,16)10-11-6-4-3-5-7-11/h3-7,12,14H,8-10H2,1-2H3. The van der Waals surface area contributed by atoms with Crippen LogP contribution in [0.15, 0.2) is 30.3 Å². The zero-order valence-corrected chi connectivity index (χ0v) is 11.4. The van der Waals surface area contributed by atoms with E-state index in [9.17, 15) is 13.5 Å². The van der Waals surface area contributed by atoms with Crippen molar-refractivity contribution in [3.8, 4) is 0 Å². The van der Waals surface area contributed by atoms with Crippen molar-refractivity contribution in [1.82, 2.24) is 4.31 Å². The smallest absolute Gasteiger partial charge is 0.218 e. The second kappa shape index (κ2) is 6.84. The number of rotatable bonds is 7. The van der Waals surface area contributed by atoms with E-state index in [-0.39, 0.29) is 18.9 Å². The number of nitrogens with zero attached hydrogens (tertiary/aromatic N) is 1. The van der Waals surface area contributed by atoms with Gasteiger partial charge in [-0.15, -0.1) is 0 Å². The molecule has 1 aromatic rings. The summed E-state index contributed by atoms with van der Waals surface area (Å²) in [4.78, 5) is 0. The molecule has 0 amide bonds. The Balaban J connectivity index is 2.63. The highest BCUT2D eigenvalue weighted by Crippen LogP contribution is 2.09. The van der Waals surface area contributed by atoms with Gasteiger partial charge in [-0.05, 0) is 5.56 Å². The fourth-order valence-corrected chi connectivity index (χ4v) is 2.78. The summed E-state index contributed by atoms with van der Waals surface area (Å²) < 4.78 is 29.9. The number of aliphatic hydroxyl groups excluding tert-OH is 1. The number of aliphatic hydroxyl groups is 1. The summed E-state index contributed by atoms with van der Waals surface area (Å²) in [5, 5.41) is 9.52.